The van der Waals surface area contributed by atoms with Gasteiger partial charge < -0.3 is 5.11 Å². The molecule has 0 radical (unpaired) electrons. The predicted octanol–water partition coefficient (Wildman–Crippen LogP) is 2.54. The minimum absolute atomic E-state index is 0.0581. The van der Waals surface area contributed by atoms with Crippen LogP contribution in [0, 0.1) is 10.1 Å². The molecule has 136 valence electrons. The highest BCUT2D eigenvalue weighted by atomic mass is 35.5. The maximum absolute atomic E-state index is 12.1. The Bertz CT molecular complexity index is 1170. The lowest BCUT2D eigenvalue weighted by molar-refractivity contribution is -0.384. The van der Waals surface area contributed by atoms with Crippen LogP contribution in [0.3, 0.4) is 0 Å². The molecular weight excluding hydrogens is 376 g/mol. The molecule has 0 fully saturated rings. The Kier molecular flexibility index (Phi) is 4.86. The monoisotopic (exact) mass is 386 g/mol. The summed E-state index contributed by atoms with van der Waals surface area (Å²) in [6.45, 7) is 0. The van der Waals surface area contributed by atoms with Crippen LogP contribution in [0.1, 0.15) is 5.56 Å². The molecule has 0 aliphatic carbocycles. The highest BCUT2D eigenvalue weighted by Crippen LogP contribution is 2.28. The summed E-state index contributed by atoms with van der Waals surface area (Å²) in [6, 6.07) is 12.0. The van der Waals surface area contributed by atoms with Gasteiger partial charge in [-0.15, -0.1) is 0 Å². The Hall–Kier alpha value is -3.72. The van der Waals surface area contributed by atoms with Crippen molar-refractivity contribution in [3.05, 3.63) is 90.1 Å². The number of aromatic nitrogens is 2. The van der Waals surface area contributed by atoms with Crippen LogP contribution in [0.5, 0.6) is 5.88 Å². The van der Waals surface area contributed by atoms with Crippen LogP contribution >= 0.6 is 11.6 Å². The fraction of sp³-hybridized carbons (Fsp3) is 0. The van der Waals surface area contributed by atoms with Crippen LogP contribution in [0.25, 0.3) is 5.69 Å². The Morgan fingerprint density at radius 3 is 2.56 bits per heavy atom. The van der Waals surface area contributed by atoms with Crippen LogP contribution in [0.4, 0.5) is 11.4 Å². The molecule has 9 nitrogen and oxygen atoms in total. The largest absolute Gasteiger partial charge is 0.493 e. The number of nitrogens with one attached hydrogen (secondary N) is 1. The molecule has 2 N–H and O–H groups in total. The Morgan fingerprint density at radius 2 is 1.89 bits per heavy atom. The summed E-state index contributed by atoms with van der Waals surface area (Å²) >= 11 is 5.74. The first-order valence-corrected chi connectivity index (χ1v) is 7.88. The van der Waals surface area contributed by atoms with Gasteiger partial charge in [0, 0.05) is 12.3 Å². The van der Waals surface area contributed by atoms with E-state index in [1.165, 1.54) is 12.1 Å². The van der Waals surface area contributed by atoms with E-state index in [2.05, 4.69) is 9.98 Å². The van der Waals surface area contributed by atoms with Crippen molar-refractivity contribution in [2.24, 2.45) is 4.99 Å². The van der Waals surface area contributed by atoms with E-state index < -0.39 is 22.1 Å². The second kappa shape index (κ2) is 7.26. The molecule has 0 amide bonds. The maximum Gasteiger partial charge on any atom is 0.335 e. The number of hydrogen-bond acceptors (Lipinski definition) is 6. The molecule has 3 aromatic rings. The van der Waals surface area contributed by atoms with Crippen molar-refractivity contribution >= 4 is 29.2 Å². The predicted molar refractivity (Wildman–Crippen MR) is 99.7 cm³/mol. The number of benzene rings is 2. The lowest BCUT2D eigenvalue weighted by Crippen LogP contribution is -2.31. The molecular formula is C17H11ClN4O5. The van der Waals surface area contributed by atoms with E-state index in [1.54, 1.807) is 30.3 Å². The normalized spacial score (nSPS) is 11.0. The molecule has 0 spiro atoms. The van der Waals surface area contributed by atoms with E-state index in [0.29, 0.717) is 5.69 Å². The molecule has 10 heteroatoms. The molecule has 3 rings (SSSR count). The zero-order valence-corrected chi connectivity index (χ0v) is 14.3. The quantitative estimate of drug-likeness (QED) is 0.404. The molecule has 0 unspecified atom stereocenters. The second-order valence-electron chi connectivity index (χ2n) is 5.32. The van der Waals surface area contributed by atoms with E-state index >= 15 is 0 Å². The number of nitro benzene ring substituents is 1. The molecule has 2 aromatic carbocycles. The van der Waals surface area contributed by atoms with Crippen LogP contribution < -0.4 is 11.2 Å². The summed E-state index contributed by atoms with van der Waals surface area (Å²) in [6.07, 6.45) is 1.01. The third kappa shape index (κ3) is 3.62. The van der Waals surface area contributed by atoms with E-state index in [4.69, 9.17) is 11.6 Å². The summed E-state index contributed by atoms with van der Waals surface area (Å²) in [5.74, 6) is -0.609. The number of nitrogens with zero attached hydrogens (tertiary/aromatic N) is 3. The van der Waals surface area contributed by atoms with Crippen LogP contribution in [-0.2, 0) is 0 Å². The van der Waals surface area contributed by atoms with Gasteiger partial charge in [0.2, 0.25) is 5.88 Å². The standard InChI is InChI=1S/C17H11ClN4O5/c18-13-7-6-10(8-14(13)22(26)27)19-9-12-15(23)20-17(25)21(16(12)24)11-4-2-1-3-5-11/h1-9,24H,(H,20,23,25). The summed E-state index contributed by atoms with van der Waals surface area (Å²) in [7, 11) is 0. The number of aliphatic imine (C=N–C) groups is 1. The lowest BCUT2D eigenvalue weighted by Gasteiger charge is -2.09. The number of halogens is 1. The summed E-state index contributed by atoms with van der Waals surface area (Å²) in [5, 5.41) is 21.3. The van der Waals surface area contributed by atoms with Gasteiger partial charge in [-0.3, -0.25) is 24.9 Å². The van der Waals surface area contributed by atoms with Gasteiger partial charge in [0.15, 0.2) is 0 Å². The lowest BCUT2D eigenvalue weighted by atomic mass is 10.2. The van der Waals surface area contributed by atoms with Gasteiger partial charge in [0.05, 0.1) is 16.3 Å². The maximum atomic E-state index is 12.1. The van der Waals surface area contributed by atoms with Crippen LogP contribution in [0.15, 0.2) is 63.1 Å². The van der Waals surface area contributed by atoms with Gasteiger partial charge in [-0.05, 0) is 24.3 Å². The first-order chi connectivity index (χ1) is 12.9. The van der Waals surface area contributed by atoms with Crippen molar-refractivity contribution in [2.45, 2.75) is 0 Å². The highest BCUT2D eigenvalue weighted by molar-refractivity contribution is 6.32. The van der Waals surface area contributed by atoms with Gasteiger partial charge in [-0.1, -0.05) is 29.8 Å². The zero-order chi connectivity index (χ0) is 19.6. The number of hydrogen-bond donors (Lipinski definition) is 2. The van der Waals surface area contributed by atoms with Crippen molar-refractivity contribution in [2.75, 3.05) is 0 Å². The summed E-state index contributed by atoms with van der Waals surface area (Å²) < 4.78 is 0.910. The number of para-hydroxylation sites is 1. The third-order valence-corrected chi connectivity index (χ3v) is 3.92. The molecule has 0 saturated heterocycles. The fourth-order valence-electron chi connectivity index (χ4n) is 2.33. The first-order valence-electron chi connectivity index (χ1n) is 7.50. The average molecular weight is 387 g/mol. The van der Waals surface area contributed by atoms with Crippen LogP contribution in [0.2, 0.25) is 5.02 Å². The molecule has 0 atom stereocenters. The Morgan fingerprint density at radius 1 is 1.19 bits per heavy atom. The molecule has 0 saturated carbocycles. The van der Waals surface area contributed by atoms with Gasteiger partial charge in [-0.2, -0.15) is 0 Å². The summed E-state index contributed by atoms with van der Waals surface area (Å²) in [4.78, 5) is 40.4. The van der Waals surface area contributed by atoms with Gasteiger partial charge in [0.1, 0.15) is 10.6 Å². The van der Waals surface area contributed by atoms with E-state index in [0.717, 1.165) is 16.8 Å². The first kappa shape index (κ1) is 18.1. The summed E-state index contributed by atoms with van der Waals surface area (Å²) in [5.41, 5.74) is -1.81. The molecule has 0 aliphatic heterocycles. The van der Waals surface area contributed by atoms with Crippen LogP contribution in [-0.4, -0.2) is 25.8 Å². The fourth-order valence-corrected chi connectivity index (χ4v) is 2.52. The minimum atomic E-state index is -0.850. The van der Waals surface area contributed by atoms with Crippen molar-refractivity contribution in [3.63, 3.8) is 0 Å². The number of aromatic amines is 1. The number of rotatable bonds is 4. The van der Waals surface area contributed by atoms with Gasteiger partial charge in [0.25, 0.3) is 11.2 Å². The van der Waals surface area contributed by atoms with E-state index in [1.807, 2.05) is 0 Å². The van der Waals surface area contributed by atoms with Gasteiger partial charge >= 0.3 is 5.69 Å². The molecule has 1 heterocycles. The second-order valence-corrected chi connectivity index (χ2v) is 5.73. The van der Waals surface area contributed by atoms with E-state index in [9.17, 15) is 24.8 Å². The SMILES string of the molecule is O=c1[nH]c(=O)n(-c2ccccc2)c(O)c1C=Nc1ccc(Cl)c([N+](=O)[O-])c1. The Labute approximate surface area is 156 Å². The molecule has 27 heavy (non-hydrogen) atoms. The molecule has 0 bridgehead atoms. The van der Waals surface area contributed by atoms with Gasteiger partial charge in [-0.25, -0.2) is 9.36 Å². The smallest absolute Gasteiger partial charge is 0.335 e. The van der Waals surface area contributed by atoms with Crippen molar-refractivity contribution in [3.8, 4) is 11.6 Å². The van der Waals surface area contributed by atoms with Crippen molar-refractivity contribution in [1.82, 2.24) is 9.55 Å². The zero-order valence-electron chi connectivity index (χ0n) is 13.5. The number of H-pyrrole nitrogens is 1. The average Bonchev–Trinajstić information content (AvgIpc) is 2.63. The third-order valence-electron chi connectivity index (χ3n) is 3.60. The van der Waals surface area contributed by atoms with Crippen molar-refractivity contribution in [1.29, 1.82) is 0 Å². The molecule has 1 aromatic heterocycles. The topological polar surface area (TPSA) is 131 Å². The highest BCUT2D eigenvalue weighted by Gasteiger charge is 2.15. The van der Waals surface area contributed by atoms with Crippen molar-refractivity contribution < 1.29 is 10.0 Å². The van der Waals surface area contributed by atoms with E-state index in [-0.39, 0.29) is 22.0 Å². The minimum Gasteiger partial charge on any atom is -0.493 e. The number of nitro groups is 1. The molecule has 0 aliphatic rings. The Balaban J connectivity index is 2.10. The number of aromatic hydroxyl groups is 1.